The third kappa shape index (κ3) is 8.94. The fourth-order valence-electron chi connectivity index (χ4n) is 7.50. The topological polar surface area (TPSA) is 146 Å². The molecule has 7 rings (SSSR count). The van der Waals surface area contributed by atoms with Crippen molar-refractivity contribution in [2.45, 2.75) is 76.2 Å². The predicted molar refractivity (Wildman–Crippen MR) is 201 cm³/mol. The normalized spacial score (nSPS) is 19.7. The van der Waals surface area contributed by atoms with Crippen molar-refractivity contribution in [3.8, 4) is 11.1 Å². The van der Waals surface area contributed by atoms with Crippen LogP contribution >= 0.6 is 0 Å². The molecular weight excluding hydrogens is 672 g/mol. The number of H-pyrrole nitrogens is 1. The van der Waals surface area contributed by atoms with Gasteiger partial charge in [0, 0.05) is 57.0 Å². The highest BCUT2D eigenvalue weighted by atomic mass is 16.7. The van der Waals surface area contributed by atoms with E-state index in [4.69, 9.17) is 14.6 Å². The Morgan fingerprint density at radius 3 is 2.34 bits per heavy atom. The zero-order valence-corrected chi connectivity index (χ0v) is 29.7. The maximum Gasteiger partial charge on any atom is 0.326 e. The molecule has 4 N–H and O–H groups in total. The SMILES string of the molecule is O=C(O)CCCC(=O)NCc1cccc(-c2ccc([C@H]3O[C@@H](CN4CCC(n5c(=O)[nH]c6ccccc65)CC4)C[C@@H](c4ccc(CO)cc4)O3)cc2)c1. The largest absolute Gasteiger partial charge is 0.481 e. The Morgan fingerprint density at radius 2 is 1.58 bits per heavy atom. The van der Waals surface area contributed by atoms with Gasteiger partial charge in [0.05, 0.1) is 29.8 Å². The first-order chi connectivity index (χ1) is 25.8. The standard InChI is InChI=1S/C42H46N4O7/c47-27-28-11-13-31(14-12-28)38-24-35(26-45-21-19-34(20-22-45)46-37-8-2-1-7-36(37)44-42(46)51)52-41(53-38)32-17-15-30(16-18-32)33-6-3-5-29(23-33)25-43-39(48)9-4-10-40(49)50/h1-3,5-8,11-18,23,34-35,38,41,47H,4,9-10,19-22,24-27H2,(H,43,48)(H,44,51)(H,49,50)/t35-,38+,41+/m1/s1. The quantitative estimate of drug-likeness (QED) is 0.112. The van der Waals surface area contributed by atoms with Crippen molar-refractivity contribution in [3.05, 3.63) is 130 Å². The van der Waals surface area contributed by atoms with Gasteiger partial charge >= 0.3 is 11.7 Å². The molecule has 1 aromatic heterocycles. The number of fused-ring (bicyclic) bond motifs is 1. The van der Waals surface area contributed by atoms with Crippen LogP contribution in [0, 0.1) is 0 Å². The number of aliphatic hydroxyl groups excluding tert-OH is 1. The number of aliphatic carboxylic acids is 1. The molecule has 3 heterocycles. The van der Waals surface area contributed by atoms with Crippen LogP contribution < -0.4 is 11.0 Å². The summed E-state index contributed by atoms with van der Waals surface area (Å²) in [5.74, 6) is -1.07. The maximum absolute atomic E-state index is 12.8. The highest BCUT2D eigenvalue weighted by molar-refractivity contribution is 5.77. The summed E-state index contributed by atoms with van der Waals surface area (Å²) < 4.78 is 15.2. The highest BCUT2D eigenvalue weighted by Gasteiger charge is 2.34. The van der Waals surface area contributed by atoms with Gasteiger partial charge in [0.1, 0.15) is 0 Å². The summed E-state index contributed by atoms with van der Waals surface area (Å²) in [6, 6.07) is 32.1. The first-order valence-corrected chi connectivity index (χ1v) is 18.4. The number of amides is 1. The lowest BCUT2D eigenvalue weighted by molar-refractivity contribution is -0.253. The van der Waals surface area contributed by atoms with E-state index >= 15 is 0 Å². The van der Waals surface area contributed by atoms with Crippen molar-refractivity contribution in [3.63, 3.8) is 0 Å². The second-order valence-electron chi connectivity index (χ2n) is 14.0. The van der Waals surface area contributed by atoms with Crippen LogP contribution in [-0.4, -0.2) is 62.3 Å². The van der Waals surface area contributed by atoms with Crippen LogP contribution in [0.25, 0.3) is 22.2 Å². The number of nitrogens with one attached hydrogen (secondary N) is 2. The second kappa shape index (κ2) is 16.7. The molecule has 0 aliphatic carbocycles. The first kappa shape index (κ1) is 36.3. The number of carboxylic acid groups (broad SMARTS) is 1. The molecule has 276 valence electrons. The van der Waals surface area contributed by atoms with Crippen molar-refractivity contribution in [1.82, 2.24) is 19.8 Å². The van der Waals surface area contributed by atoms with Crippen molar-refractivity contribution in [1.29, 1.82) is 0 Å². The number of rotatable bonds is 13. The first-order valence-electron chi connectivity index (χ1n) is 18.4. The van der Waals surface area contributed by atoms with Crippen LogP contribution in [0.1, 0.15) is 79.2 Å². The highest BCUT2D eigenvalue weighted by Crippen LogP contribution is 2.39. The second-order valence-corrected chi connectivity index (χ2v) is 14.0. The average molecular weight is 719 g/mol. The number of carbonyl (C=O) groups excluding carboxylic acids is 1. The van der Waals surface area contributed by atoms with Gasteiger partial charge in [-0.05, 0) is 65.3 Å². The number of hydrogen-bond donors (Lipinski definition) is 4. The number of benzene rings is 4. The van der Waals surface area contributed by atoms with Crippen LogP contribution in [0.2, 0.25) is 0 Å². The number of imidazole rings is 1. The molecule has 2 aliphatic heterocycles. The van der Waals surface area contributed by atoms with Gasteiger partial charge in [-0.2, -0.15) is 0 Å². The molecule has 0 radical (unpaired) electrons. The molecule has 11 nitrogen and oxygen atoms in total. The fraction of sp³-hybridized carbons (Fsp3) is 0.357. The fourth-order valence-corrected chi connectivity index (χ4v) is 7.50. The lowest BCUT2D eigenvalue weighted by atomic mass is 9.98. The number of aromatic nitrogens is 2. The number of carboxylic acids is 1. The number of aliphatic hydroxyl groups is 1. The average Bonchev–Trinajstić information content (AvgIpc) is 3.53. The Labute approximate surface area is 308 Å². The Balaban J connectivity index is 1.02. The number of carbonyl (C=O) groups is 2. The summed E-state index contributed by atoms with van der Waals surface area (Å²) in [4.78, 5) is 41.2. The van der Waals surface area contributed by atoms with E-state index in [0.29, 0.717) is 19.4 Å². The van der Waals surface area contributed by atoms with E-state index in [1.807, 2.05) is 89.5 Å². The molecule has 2 aliphatic rings. The zero-order chi connectivity index (χ0) is 36.7. The van der Waals surface area contributed by atoms with Crippen molar-refractivity contribution in [2.24, 2.45) is 0 Å². The number of piperidine rings is 1. The zero-order valence-electron chi connectivity index (χ0n) is 29.7. The van der Waals surface area contributed by atoms with Gasteiger partial charge in [-0.1, -0.05) is 78.9 Å². The van der Waals surface area contributed by atoms with Gasteiger partial charge in [0.15, 0.2) is 6.29 Å². The van der Waals surface area contributed by atoms with Crippen LogP contribution in [0.5, 0.6) is 0 Å². The number of nitrogens with zero attached hydrogens (tertiary/aromatic N) is 2. The van der Waals surface area contributed by atoms with Gasteiger partial charge in [-0.25, -0.2) is 4.79 Å². The Hall–Kier alpha value is -5.07. The van der Waals surface area contributed by atoms with Gasteiger partial charge < -0.3 is 34.9 Å². The summed E-state index contributed by atoms with van der Waals surface area (Å²) in [6.45, 7) is 2.82. The molecule has 2 fully saturated rings. The van der Waals surface area contributed by atoms with Crippen LogP contribution in [0.4, 0.5) is 0 Å². The summed E-state index contributed by atoms with van der Waals surface area (Å²) in [5, 5.41) is 21.3. The minimum Gasteiger partial charge on any atom is -0.481 e. The molecule has 3 atom stereocenters. The molecule has 2 saturated heterocycles. The van der Waals surface area contributed by atoms with Crippen LogP contribution in [0.15, 0.2) is 102 Å². The monoisotopic (exact) mass is 718 g/mol. The molecule has 0 saturated carbocycles. The van der Waals surface area contributed by atoms with E-state index in [1.165, 1.54) is 0 Å². The van der Waals surface area contributed by atoms with Gasteiger partial charge in [0.25, 0.3) is 0 Å². The summed E-state index contributed by atoms with van der Waals surface area (Å²) in [7, 11) is 0. The smallest absolute Gasteiger partial charge is 0.326 e. The van der Waals surface area contributed by atoms with E-state index in [1.54, 1.807) is 0 Å². The molecule has 0 bridgehead atoms. The molecule has 53 heavy (non-hydrogen) atoms. The molecular formula is C42H46N4O7. The van der Waals surface area contributed by atoms with Crippen molar-refractivity contribution < 1.29 is 29.3 Å². The number of hydrogen-bond acceptors (Lipinski definition) is 7. The molecule has 0 spiro atoms. The third-order valence-corrected chi connectivity index (χ3v) is 10.4. The van der Waals surface area contributed by atoms with Gasteiger partial charge in [-0.15, -0.1) is 0 Å². The summed E-state index contributed by atoms with van der Waals surface area (Å²) in [6.07, 6.45) is 2.07. The van der Waals surface area contributed by atoms with Crippen LogP contribution in [0.3, 0.4) is 0 Å². The molecule has 4 aromatic carbocycles. The Kier molecular flexibility index (Phi) is 11.5. The van der Waals surface area contributed by atoms with Crippen LogP contribution in [-0.2, 0) is 32.2 Å². The minimum absolute atomic E-state index is 0.0146. The molecule has 11 heteroatoms. The lowest BCUT2D eigenvalue weighted by Gasteiger charge is -2.40. The Morgan fingerprint density at radius 1 is 0.830 bits per heavy atom. The summed E-state index contributed by atoms with van der Waals surface area (Å²) in [5.41, 5.74) is 7.56. The van der Waals surface area contributed by atoms with E-state index in [0.717, 1.165) is 76.9 Å². The number of likely N-dealkylation sites (tertiary alicyclic amines) is 1. The number of aromatic amines is 1. The predicted octanol–water partition coefficient (Wildman–Crippen LogP) is 6.24. The van der Waals surface area contributed by atoms with E-state index < -0.39 is 12.3 Å². The molecule has 1 amide bonds. The molecule has 0 unspecified atom stereocenters. The van der Waals surface area contributed by atoms with Crippen molar-refractivity contribution in [2.75, 3.05) is 19.6 Å². The van der Waals surface area contributed by atoms with Gasteiger partial charge in [-0.3, -0.25) is 14.2 Å². The Bertz CT molecular complexity index is 2070. The number of ether oxygens (including phenoxy) is 2. The molecule has 5 aromatic rings. The summed E-state index contributed by atoms with van der Waals surface area (Å²) >= 11 is 0. The van der Waals surface area contributed by atoms with Gasteiger partial charge in [0.2, 0.25) is 5.91 Å². The third-order valence-electron chi connectivity index (χ3n) is 10.4. The van der Waals surface area contributed by atoms with E-state index in [2.05, 4.69) is 27.3 Å². The van der Waals surface area contributed by atoms with Crippen molar-refractivity contribution >= 4 is 22.9 Å². The maximum atomic E-state index is 12.8. The lowest BCUT2D eigenvalue weighted by Crippen LogP contribution is -2.43. The van der Waals surface area contributed by atoms with E-state index in [9.17, 15) is 19.5 Å². The minimum atomic E-state index is -0.902. The number of para-hydroxylation sites is 2. The van der Waals surface area contributed by atoms with E-state index in [-0.39, 0.29) is 49.3 Å².